The molecule has 0 heterocycles. The van der Waals surface area contributed by atoms with E-state index in [9.17, 15) is 0 Å². The van der Waals surface area contributed by atoms with Crippen LogP contribution in [0.3, 0.4) is 0 Å². The minimum atomic E-state index is 0.817. The van der Waals surface area contributed by atoms with Crippen LogP contribution in [0.15, 0.2) is 67.1 Å². The second-order valence-electron chi connectivity index (χ2n) is 6.15. The van der Waals surface area contributed by atoms with Gasteiger partial charge in [0.15, 0.2) is 0 Å². The molecule has 0 radical (unpaired) electrons. The highest BCUT2D eigenvalue weighted by atomic mass is 14.9. The van der Waals surface area contributed by atoms with Gasteiger partial charge in [0.2, 0.25) is 0 Å². The van der Waals surface area contributed by atoms with Crippen molar-refractivity contribution in [3.8, 4) is 0 Å². The monoisotopic (exact) mass is 292 g/mol. The molecule has 1 aromatic carbocycles. The van der Waals surface area contributed by atoms with Crippen molar-refractivity contribution < 1.29 is 0 Å². The average Bonchev–Trinajstić information content (AvgIpc) is 3.31. The fourth-order valence-electron chi connectivity index (χ4n) is 3.32. The maximum Gasteiger partial charge on any atom is 0.0387 e. The first-order valence-corrected chi connectivity index (χ1v) is 7.98. The molecule has 0 bridgehead atoms. The summed E-state index contributed by atoms with van der Waals surface area (Å²) >= 11 is 0. The Morgan fingerprint density at radius 2 is 2.23 bits per heavy atom. The van der Waals surface area contributed by atoms with E-state index in [0.717, 1.165) is 28.9 Å². The summed E-state index contributed by atoms with van der Waals surface area (Å²) in [4.78, 5) is 0. The van der Waals surface area contributed by atoms with Crippen molar-refractivity contribution in [1.82, 2.24) is 5.32 Å². The van der Waals surface area contributed by atoms with E-state index in [4.69, 9.17) is 0 Å². The first-order valence-electron chi connectivity index (χ1n) is 7.98. The number of hydrogen-bond acceptors (Lipinski definition) is 2. The van der Waals surface area contributed by atoms with E-state index >= 15 is 0 Å². The lowest BCUT2D eigenvalue weighted by atomic mass is 9.91. The fourth-order valence-corrected chi connectivity index (χ4v) is 3.32. The molecule has 114 valence electrons. The topological polar surface area (TPSA) is 24.1 Å². The summed E-state index contributed by atoms with van der Waals surface area (Å²) in [5, 5.41) is 6.54. The predicted molar refractivity (Wildman–Crippen MR) is 94.9 cm³/mol. The van der Waals surface area contributed by atoms with Gasteiger partial charge in [-0.05, 0) is 66.5 Å². The zero-order chi connectivity index (χ0) is 15.5. The Labute approximate surface area is 133 Å². The lowest BCUT2D eigenvalue weighted by Crippen LogP contribution is -2.06. The van der Waals surface area contributed by atoms with Crippen molar-refractivity contribution in [1.29, 1.82) is 0 Å². The van der Waals surface area contributed by atoms with Crippen molar-refractivity contribution in [2.75, 3.05) is 12.4 Å². The SMILES string of the molecule is C=C/C=C/C(=C\C(=C)Nc1ccc2c(c1)C1CC1CC2)NC. The number of likely N-dealkylation sites (N-methyl/N-ethyl adjacent to an activating group) is 1. The molecule has 2 heteroatoms. The van der Waals surface area contributed by atoms with E-state index in [-0.39, 0.29) is 0 Å². The first kappa shape index (κ1) is 14.7. The van der Waals surface area contributed by atoms with Crippen LogP contribution >= 0.6 is 0 Å². The van der Waals surface area contributed by atoms with Gasteiger partial charge >= 0.3 is 0 Å². The smallest absolute Gasteiger partial charge is 0.0387 e. The van der Waals surface area contributed by atoms with Crippen LogP contribution in [0, 0.1) is 5.92 Å². The third-order valence-corrected chi connectivity index (χ3v) is 4.59. The molecule has 2 aliphatic rings. The van der Waals surface area contributed by atoms with Gasteiger partial charge in [0.25, 0.3) is 0 Å². The quantitative estimate of drug-likeness (QED) is 0.754. The number of allylic oxidation sites excluding steroid dienone is 4. The molecular weight excluding hydrogens is 268 g/mol. The number of anilines is 1. The molecule has 3 rings (SSSR count). The Morgan fingerprint density at radius 1 is 1.36 bits per heavy atom. The Morgan fingerprint density at radius 3 is 3.00 bits per heavy atom. The van der Waals surface area contributed by atoms with Crippen LogP contribution in [0.25, 0.3) is 0 Å². The summed E-state index contributed by atoms with van der Waals surface area (Å²) in [5.41, 5.74) is 6.10. The Bertz CT molecular complexity index is 652. The van der Waals surface area contributed by atoms with Gasteiger partial charge in [0.1, 0.15) is 0 Å². The number of rotatable bonds is 6. The molecular formula is C20H24N2. The highest BCUT2D eigenvalue weighted by Crippen LogP contribution is 2.54. The van der Waals surface area contributed by atoms with E-state index < -0.39 is 0 Å². The lowest BCUT2D eigenvalue weighted by Gasteiger charge is -2.17. The van der Waals surface area contributed by atoms with Crippen molar-refractivity contribution in [3.63, 3.8) is 0 Å². The standard InChI is InChI=1S/C20H24N2/c1-4-5-6-17(21-3)11-14(2)22-18-10-9-15-7-8-16-12-19(16)20(15)13-18/h4-6,9-11,13,16,19,21-22H,1-2,7-8,12H2,3H3/b6-5+,17-11+. The number of hydrogen-bond donors (Lipinski definition) is 2. The van der Waals surface area contributed by atoms with Gasteiger partial charge in [-0.3, -0.25) is 0 Å². The minimum absolute atomic E-state index is 0.817. The fraction of sp³-hybridized carbons (Fsp3) is 0.300. The van der Waals surface area contributed by atoms with Gasteiger partial charge in [0.05, 0.1) is 0 Å². The van der Waals surface area contributed by atoms with Gasteiger partial charge in [-0.1, -0.05) is 31.4 Å². The summed E-state index contributed by atoms with van der Waals surface area (Å²) < 4.78 is 0. The maximum absolute atomic E-state index is 4.10. The van der Waals surface area contributed by atoms with Crippen LogP contribution in [0.2, 0.25) is 0 Å². The van der Waals surface area contributed by atoms with Crippen LogP contribution in [0.5, 0.6) is 0 Å². The highest BCUT2D eigenvalue weighted by Gasteiger charge is 2.41. The number of aryl methyl sites for hydroxylation is 1. The number of nitrogens with one attached hydrogen (secondary N) is 2. The molecule has 0 saturated heterocycles. The molecule has 0 aliphatic heterocycles. The van der Waals surface area contributed by atoms with Crippen molar-refractivity contribution >= 4 is 5.69 Å². The largest absolute Gasteiger partial charge is 0.388 e. The Balaban J connectivity index is 1.72. The van der Waals surface area contributed by atoms with E-state index in [1.165, 1.54) is 24.8 Å². The third kappa shape index (κ3) is 3.16. The molecule has 2 unspecified atom stereocenters. The van der Waals surface area contributed by atoms with Gasteiger partial charge in [-0.25, -0.2) is 0 Å². The molecule has 22 heavy (non-hydrogen) atoms. The average molecular weight is 292 g/mol. The Kier molecular flexibility index (Phi) is 4.19. The van der Waals surface area contributed by atoms with Crippen molar-refractivity contribution in [2.24, 2.45) is 5.92 Å². The second-order valence-corrected chi connectivity index (χ2v) is 6.15. The first-order chi connectivity index (χ1) is 10.7. The van der Waals surface area contributed by atoms with Crippen molar-refractivity contribution in [3.05, 3.63) is 78.2 Å². The second kappa shape index (κ2) is 6.27. The highest BCUT2D eigenvalue weighted by molar-refractivity contribution is 5.56. The van der Waals surface area contributed by atoms with Gasteiger partial charge in [-0.15, -0.1) is 0 Å². The summed E-state index contributed by atoms with van der Waals surface area (Å²) in [5.74, 6) is 1.77. The number of fused-ring (bicyclic) bond motifs is 3. The Hall–Kier alpha value is -2.22. The number of benzene rings is 1. The predicted octanol–water partition coefficient (Wildman–Crippen LogP) is 4.51. The third-order valence-electron chi connectivity index (χ3n) is 4.59. The van der Waals surface area contributed by atoms with Crippen molar-refractivity contribution in [2.45, 2.75) is 25.2 Å². The van der Waals surface area contributed by atoms with E-state index in [2.05, 4.69) is 42.0 Å². The summed E-state index contributed by atoms with van der Waals surface area (Å²) in [6.07, 6.45) is 11.6. The molecule has 2 aliphatic carbocycles. The van der Waals surface area contributed by atoms with E-state index in [1.54, 1.807) is 11.6 Å². The van der Waals surface area contributed by atoms with Crippen LogP contribution in [0.4, 0.5) is 5.69 Å². The van der Waals surface area contributed by atoms with Crippen LogP contribution in [-0.2, 0) is 6.42 Å². The molecule has 0 amide bonds. The van der Waals surface area contributed by atoms with E-state index in [0.29, 0.717) is 0 Å². The summed E-state index contributed by atoms with van der Waals surface area (Å²) in [6.45, 7) is 7.79. The summed E-state index contributed by atoms with van der Waals surface area (Å²) in [6, 6.07) is 6.76. The molecule has 2 N–H and O–H groups in total. The minimum Gasteiger partial charge on any atom is -0.388 e. The molecule has 0 aromatic heterocycles. The lowest BCUT2D eigenvalue weighted by molar-refractivity contribution is 0.667. The molecule has 2 nitrogen and oxygen atoms in total. The van der Waals surface area contributed by atoms with E-state index in [1.807, 2.05) is 25.3 Å². The van der Waals surface area contributed by atoms with Crippen LogP contribution < -0.4 is 10.6 Å². The van der Waals surface area contributed by atoms with Crippen LogP contribution in [0.1, 0.15) is 29.9 Å². The molecule has 1 saturated carbocycles. The van der Waals surface area contributed by atoms with Gasteiger partial charge < -0.3 is 10.6 Å². The van der Waals surface area contributed by atoms with Gasteiger partial charge in [0, 0.05) is 24.1 Å². The molecule has 1 fully saturated rings. The van der Waals surface area contributed by atoms with Gasteiger partial charge in [-0.2, -0.15) is 0 Å². The molecule has 2 atom stereocenters. The van der Waals surface area contributed by atoms with Crippen LogP contribution in [-0.4, -0.2) is 7.05 Å². The maximum atomic E-state index is 4.10. The summed E-state index contributed by atoms with van der Waals surface area (Å²) in [7, 11) is 1.90. The zero-order valence-electron chi connectivity index (χ0n) is 13.2. The molecule has 0 spiro atoms. The molecule has 1 aromatic rings. The normalized spacial score (nSPS) is 22.7. The zero-order valence-corrected chi connectivity index (χ0v) is 13.2.